The van der Waals surface area contributed by atoms with Gasteiger partial charge in [-0.2, -0.15) is 5.10 Å². The van der Waals surface area contributed by atoms with Crippen molar-refractivity contribution in [1.29, 1.82) is 0 Å². The number of rotatable bonds is 6. The normalized spacial score (nSPS) is 12.0. The predicted octanol–water partition coefficient (Wildman–Crippen LogP) is 5.67. The van der Waals surface area contributed by atoms with Gasteiger partial charge in [0.05, 0.1) is 18.5 Å². The van der Waals surface area contributed by atoms with E-state index in [1.165, 1.54) is 4.90 Å². The Morgan fingerprint density at radius 1 is 1.19 bits per heavy atom. The molecule has 0 fully saturated rings. The van der Waals surface area contributed by atoms with Crippen LogP contribution in [0.5, 0.6) is 0 Å². The van der Waals surface area contributed by atoms with E-state index in [1.54, 1.807) is 29.2 Å². The standard InChI is InChI=1S/C20H18BrN3S2/c1-3-12-22-20-24(23-13-15-8-10-16(25-2)11-9-15)19(14-26-20)17-6-4-5-7-18(17)21/h3-11,13-14H,1,12H2,2H3. The third-order valence-corrected chi connectivity index (χ3v) is 5.92. The van der Waals surface area contributed by atoms with Gasteiger partial charge in [0.25, 0.3) is 0 Å². The van der Waals surface area contributed by atoms with Crippen LogP contribution in [-0.4, -0.2) is 23.7 Å². The van der Waals surface area contributed by atoms with Gasteiger partial charge in [-0.05, 0) is 30.0 Å². The molecule has 1 heterocycles. The molecule has 0 aliphatic carbocycles. The maximum Gasteiger partial charge on any atom is 0.206 e. The van der Waals surface area contributed by atoms with E-state index in [9.17, 15) is 0 Å². The predicted molar refractivity (Wildman–Crippen MR) is 117 cm³/mol. The van der Waals surface area contributed by atoms with Crippen LogP contribution in [0.2, 0.25) is 0 Å². The Kier molecular flexibility index (Phi) is 6.66. The second kappa shape index (κ2) is 9.16. The average Bonchev–Trinajstić information content (AvgIpc) is 3.08. The maximum absolute atomic E-state index is 4.71. The molecule has 6 heteroatoms. The highest BCUT2D eigenvalue weighted by Crippen LogP contribution is 2.28. The summed E-state index contributed by atoms with van der Waals surface area (Å²) < 4.78 is 2.91. The van der Waals surface area contributed by atoms with Crippen LogP contribution in [0.25, 0.3) is 11.3 Å². The molecular formula is C20H18BrN3S2. The van der Waals surface area contributed by atoms with Gasteiger partial charge in [-0.25, -0.2) is 4.68 Å². The molecule has 0 bridgehead atoms. The summed E-state index contributed by atoms with van der Waals surface area (Å²) in [6.45, 7) is 4.31. The third-order valence-electron chi connectivity index (χ3n) is 3.63. The Labute approximate surface area is 170 Å². The van der Waals surface area contributed by atoms with Gasteiger partial charge in [0.1, 0.15) is 0 Å². The Balaban J connectivity index is 2.05. The summed E-state index contributed by atoms with van der Waals surface area (Å²) in [5.74, 6) is 0. The van der Waals surface area contributed by atoms with Gasteiger partial charge in [0, 0.05) is 20.3 Å². The van der Waals surface area contributed by atoms with Gasteiger partial charge in [-0.15, -0.1) is 29.7 Å². The number of benzene rings is 2. The molecule has 0 saturated carbocycles. The molecule has 2 aromatic carbocycles. The first-order valence-electron chi connectivity index (χ1n) is 7.98. The van der Waals surface area contributed by atoms with Gasteiger partial charge >= 0.3 is 0 Å². The van der Waals surface area contributed by atoms with E-state index in [0.717, 1.165) is 26.1 Å². The van der Waals surface area contributed by atoms with Gasteiger partial charge in [0.2, 0.25) is 4.80 Å². The fourth-order valence-corrected chi connectivity index (χ4v) is 4.07. The summed E-state index contributed by atoms with van der Waals surface area (Å²) in [4.78, 5) is 6.65. The number of halogens is 1. The van der Waals surface area contributed by atoms with E-state index in [0.29, 0.717) is 6.54 Å². The van der Waals surface area contributed by atoms with Crippen molar-refractivity contribution in [2.75, 3.05) is 12.8 Å². The van der Waals surface area contributed by atoms with Crippen LogP contribution < -0.4 is 4.80 Å². The van der Waals surface area contributed by atoms with Gasteiger partial charge < -0.3 is 0 Å². The molecule has 0 radical (unpaired) electrons. The minimum atomic E-state index is 0.563. The second-order valence-corrected chi connectivity index (χ2v) is 7.91. The van der Waals surface area contributed by atoms with Crippen LogP contribution in [0.4, 0.5) is 0 Å². The smallest absolute Gasteiger partial charge is 0.206 e. The zero-order valence-corrected chi connectivity index (χ0v) is 17.5. The summed E-state index contributed by atoms with van der Waals surface area (Å²) in [5, 5.41) is 6.79. The molecule has 0 spiro atoms. The summed E-state index contributed by atoms with van der Waals surface area (Å²) in [7, 11) is 0. The summed E-state index contributed by atoms with van der Waals surface area (Å²) in [6, 6.07) is 16.5. The first kappa shape index (κ1) is 18.9. The van der Waals surface area contributed by atoms with Crippen molar-refractivity contribution in [2.45, 2.75) is 4.90 Å². The number of nitrogens with zero attached hydrogens (tertiary/aromatic N) is 3. The van der Waals surface area contributed by atoms with Crippen LogP contribution in [-0.2, 0) is 0 Å². The molecule has 0 N–H and O–H groups in total. The first-order chi connectivity index (χ1) is 12.7. The minimum Gasteiger partial charge on any atom is -0.253 e. The third kappa shape index (κ3) is 4.44. The molecule has 0 saturated heterocycles. The fourth-order valence-electron chi connectivity index (χ4n) is 2.33. The highest BCUT2D eigenvalue weighted by Gasteiger charge is 2.10. The Hall–Kier alpha value is -1.89. The van der Waals surface area contributed by atoms with Crippen LogP contribution >= 0.6 is 39.0 Å². The topological polar surface area (TPSA) is 29.6 Å². The highest BCUT2D eigenvalue weighted by molar-refractivity contribution is 9.10. The molecule has 3 aromatic rings. The lowest BCUT2D eigenvalue weighted by Crippen LogP contribution is -2.12. The molecule has 3 nitrogen and oxygen atoms in total. The van der Waals surface area contributed by atoms with Crippen molar-refractivity contribution in [2.24, 2.45) is 10.1 Å². The Morgan fingerprint density at radius 2 is 1.96 bits per heavy atom. The number of hydrogen-bond acceptors (Lipinski definition) is 4. The largest absolute Gasteiger partial charge is 0.253 e. The number of thioether (sulfide) groups is 1. The maximum atomic E-state index is 4.71. The lowest BCUT2D eigenvalue weighted by molar-refractivity contribution is 0.840. The molecule has 0 aliphatic heterocycles. The molecular weight excluding hydrogens is 426 g/mol. The fraction of sp³-hybridized carbons (Fsp3) is 0.100. The molecule has 132 valence electrons. The first-order valence-corrected chi connectivity index (χ1v) is 10.9. The Morgan fingerprint density at radius 3 is 2.65 bits per heavy atom. The van der Waals surface area contributed by atoms with E-state index in [2.05, 4.69) is 69.5 Å². The number of thiazole rings is 1. The average molecular weight is 444 g/mol. The summed E-state index contributed by atoms with van der Waals surface area (Å²) >= 11 is 6.93. The molecule has 0 atom stereocenters. The molecule has 0 amide bonds. The molecule has 0 unspecified atom stereocenters. The zero-order chi connectivity index (χ0) is 18.4. The molecule has 0 aliphatic rings. The van der Waals surface area contributed by atoms with E-state index in [-0.39, 0.29) is 0 Å². The van der Waals surface area contributed by atoms with Crippen molar-refractivity contribution in [3.63, 3.8) is 0 Å². The lowest BCUT2D eigenvalue weighted by atomic mass is 10.2. The van der Waals surface area contributed by atoms with Crippen LogP contribution in [0, 0.1) is 0 Å². The van der Waals surface area contributed by atoms with Gasteiger partial charge in [-0.1, -0.05) is 52.3 Å². The Bertz CT molecular complexity index is 985. The molecule has 3 rings (SSSR count). The molecule has 26 heavy (non-hydrogen) atoms. The van der Waals surface area contributed by atoms with E-state index in [1.807, 2.05) is 29.1 Å². The molecule has 1 aromatic heterocycles. The van der Waals surface area contributed by atoms with Crippen molar-refractivity contribution in [3.8, 4) is 11.3 Å². The lowest BCUT2D eigenvalue weighted by Gasteiger charge is -2.05. The minimum absolute atomic E-state index is 0.563. The monoisotopic (exact) mass is 443 g/mol. The van der Waals surface area contributed by atoms with E-state index >= 15 is 0 Å². The van der Waals surface area contributed by atoms with Crippen molar-refractivity contribution in [3.05, 3.63) is 81.4 Å². The number of hydrogen-bond donors (Lipinski definition) is 0. The summed E-state index contributed by atoms with van der Waals surface area (Å²) in [6.07, 6.45) is 5.72. The van der Waals surface area contributed by atoms with Crippen molar-refractivity contribution < 1.29 is 0 Å². The van der Waals surface area contributed by atoms with Crippen molar-refractivity contribution in [1.82, 2.24) is 4.68 Å². The van der Waals surface area contributed by atoms with E-state index < -0.39 is 0 Å². The SMILES string of the molecule is C=CCN=c1scc(-c2ccccc2Br)n1N=Cc1ccc(SC)cc1. The van der Waals surface area contributed by atoms with Gasteiger partial charge in [0.15, 0.2) is 0 Å². The van der Waals surface area contributed by atoms with Crippen molar-refractivity contribution >= 4 is 45.2 Å². The zero-order valence-electron chi connectivity index (χ0n) is 14.3. The van der Waals surface area contributed by atoms with Crippen LogP contribution in [0.15, 0.2) is 86.0 Å². The van der Waals surface area contributed by atoms with Gasteiger partial charge in [-0.3, -0.25) is 4.99 Å². The summed E-state index contributed by atoms with van der Waals surface area (Å²) in [5.41, 5.74) is 3.13. The highest BCUT2D eigenvalue weighted by atomic mass is 79.9. The second-order valence-electron chi connectivity index (χ2n) is 5.34. The van der Waals surface area contributed by atoms with Crippen LogP contribution in [0.1, 0.15) is 5.56 Å². The van der Waals surface area contributed by atoms with E-state index in [4.69, 9.17) is 5.10 Å². The number of aromatic nitrogens is 1. The van der Waals surface area contributed by atoms with Crippen LogP contribution in [0.3, 0.4) is 0 Å². The quantitative estimate of drug-likeness (QED) is 0.274.